The molecule has 0 radical (unpaired) electrons. The van der Waals surface area contributed by atoms with Crippen molar-refractivity contribution in [2.24, 2.45) is 0 Å². The number of fused-ring (bicyclic) bond motifs is 1. The van der Waals surface area contributed by atoms with E-state index in [2.05, 4.69) is 15.2 Å². The van der Waals surface area contributed by atoms with Crippen molar-refractivity contribution >= 4 is 44.0 Å². The van der Waals surface area contributed by atoms with Gasteiger partial charge in [0.05, 0.1) is 12.0 Å². The smallest absolute Gasteiger partial charge is 0.270 e. The molecule has 0 aliphatic heterocycles. The Kier molecular flexibility index (Phi) is 6.41. The molecule has 0 aliphatic rings. The van der Waals surface area contributed by atoms with Crippen molar-refractivity contribution in [3.05, 3.63) is 106 Å². The topological polar surface area (TPSA) is 105 Å². The molecule has 0 saturated carbocycles. The van der Waals surface area contributed by atoms with Crippen LogP contribution in [0, 0.1) is 6.92 Å². The Morgan fingerprint density at radius 1 is 0.946 bits per heavy atom. The number of pyridine rings is 1. The van der Waals surface area contributed by atoms with Crippen molar-refractivity contribution < 1.29 is 13.2 Å². The van der Waals surface area contributed by atoms with E-state index in [-0.39, 0.29) is 22.0 Å². The van der Waals surface area contributed by atoms with Gasteiger partial charge >= 0.3 is 0 Å². The van der Waals surface area contributed by atoms with E-state index in [1.165, 1.54) is 31.5 Å². The summed E-state index contributed by atoms with van der Waals surface area (Å²) >= 11 is 6.19. The van der Waals surface area contributed by atoms with Gasteiger partial charge in [0.15, 0.2) is 5.82 Å². The first-order valence-electron chi connectivity index (χ1n) is 11.2. The third-order valence-corrected chi connectivity index (χ3v) is 8.03. The lowest BCUT2D eigenvalue weighted by Gasteiger charge is -2.25. The van der Waals surface area contributed by atoms with Gasteiger partial charge in [0, 0.05) is 22.8 Å². The van der Waals surface area contributed by atoms with Gasteiger partial charge < -0.3 is 9.72 Å². The molecule has 2 aromatic heterocycles. The third-order valence-electron chi connectivity index (χ3n) is 5.89. The number of sulfonamides is 1. The SMILES string of the molecule is COc1cc(-c2ccc(Cl)c(C)c2)ccc1N(c1cccnn1)S(=O)(=O)c1ccc2[nH]c(=O)ccc2c1. The second kappa shape index (κ2) is 9.68. The Balaban J connectivity index is 1.68. The minimum Gasteiger partial charge on any atom is -0.495 e. The van der Waals surface area contributed by atoms with Crippen LogP contribution in [0.25, 0.3) is 22.0 Å². The second-order valence-electron chi connectivity index (χ2n) is 8.27. The van der Waals surface area contributed by atoms with E-state index in [0.29, 0.717) is 21.7 Å². The van der Waals surface area contributed by atoms with Crippen LogP contribution in [0.2, 0.25) is 5.02 Å². The summed E-state index contributed by atoms with van der Waals surface area (Å²) in [5.74, 6) is 0.418. The molecule has 0 saturated heterocycles. The number of anilines is 2. The number of halogens is 1. The number of hydrogen-bond donors (Lipinski definition) is 1. The van der Waals surface area contributed by atoms with E-state index in [1.54, 1.807) is 36.4 Å². The number of aryl methyl sites for hydroxylation is 1. The fourth-order valence-electron chi connectivity index (χ4n) is 4.03. The van der Waals surface area contributed by atoms with Gasteiger partial charge in [-0.3, -0.25) is 4.79 Å². The summed E-state index contributed by atoms with van der Waals surface area (Å²) in [5.41, 5.74) is 3.17. The lowest BCUT2D eigenvalue weighted by atomic mass is 10.0. The molecular weight excluding hydrogens is 512 g/mol. The highest BCUT2D eigenvalue weighted by molar-refractivity contribution is 7.93. The molecule has 37 heavy (non-hydrogen) atoms. The van der Waals surface area contributed by atoms with Crippen molar-refractivity contribution in [1.29, 1.82) is 0 Å². The summed E-state index contributed by atoms with van der Waals surface area (Å²) in [6.45, 7) is 1.92. The van der Waals surface area contributed by atoms with Crippen LogP contribution in [0.5, 0.6) is 5.75 Å². The molecule has 1 N–H and O–H groups in total. The number of aromatic nitrogens is 3. The van der Waals surface area contributed by atoms with E-state index in [1.807, 2.05) is 31.2 Å². The normalized spacial score (nSPS) is 11.4. The Bertz CT molecular complexity index is 1790. The molecule has 10 heteroatoms. The highest BCUT2D eigenvalue weighted by atomic mass is 35.5. The molecule has 0 unspecified atom stereocenters. The van der Waals surface area contributed by atoms with Crippen LogP contribution in [-0.4, -0.2) is 30.7 Å². The maximum absolute atomic E-state index is 14.1. The van der Waals surface area contributed by atoms with Gasteiger partial charge in [-0.05, 0) is 89.7 Å². The standard InChI is InChI=1S/C27H21ClN4O4S/c1-17-14-18(5-9-22(17)28)19-6-11-24(25(16-19)36-2)32(26-4-3-13-29-31-26)37(34,35)21-8-10-23-20(15-21)7-12-27(33)30-23/h3-16H,1-2H3,(H,30,33). The lowest BCUT2D eigenvalue weighted by molar-refractivity contribution is 0.416. The number of aromatic amines is 1. The fourth-order valence-corrected chi connectivity index (χ4v) is 5.62. The van der Waals surface area contributed by atoms with Gasteiger partial charge in [0.1, 0.15) is 11.4 Å². The Labute approximate surface area is 218 Å². The highest BCUT2D eigenvalue weighted by Gasteiger charge is 2.31. The molecule has 5 rings (SSSR count). The minimum atomic E-state index is -4.19. The number of rotatable bonds is 6. The quantitative estimate of drug-likeness (QED) is 0.310. The van der Waals surface area contributed by atoms with E-state index < -0.39 is 10.0 Å². The maximum Gasteiger partial charge on any atom is 0.270 e. The van der Waals surface area contributed by atoms with Crippen molar-refractivity contribution in [3.8, 4) is 16.9 Å². The Morgan fingerprint density at radius 2 is 1.73 bits per heavy atom. The molecule has 3 aromatic carbocycles. The number of nitrogens with zero attached hydrogens (tertiary/aromatic N) is 3. The molecule has 8 nitrogen and oxygen atoms in total. The maximum atomic E-state index is 14.1. The average molecular weight is 533 g/mol. The van der Waals surface area contributed by atoms with Crippen molar-refractivity contribution in [3.63, 3.8) is 0 Å². The molecule has 2 heterocycles. The zero-order valence-corrected chi connectivity index (χ0v) is 21.4. The van der Waals surface area contributed by atoms with Gasteiger partial charge in [-0.1, -0.05) is 23.7 Å². The summed E-state index contributed by atoms with van der Waals surface area (Å²) in [5, 5.41) is 9.19. The van der Waals surface area contributed by atoms with Crippen molar-refractivity contribution in [1.82, 2.24) is 15.2 Å². The number of nitrogens with one attached hydrogen (secondary N) is 1. The molecular formula is C27H21ClN4O4S. The number of benzene rings is 3. The Hall–Kier alpha value is -4.21. The molecule has 0 spiro atoms. The van der Waals surface area contributed by atoms with Crippen LogP contribution in [0.1, 0.15) is 5.56 Å². The number of methoxy groups -OCH3 is 1. The first-order valence-corrected chi connectivity index (χ1v) is 13.0. The zero-order chi connectivity index (χ0) is 26.2. The summed E-state index contributed by atoms with van der Waals surface area (Å²) in [6, 6.07) is 21.5. The van der Waals surface area contributed by atoms with Gasteiger partial charge in [-0.25, -0.2) is 12.7 Å². The first-order chi connectivity index (χ1) is 17.8. The summed E-state index contributed by atoms with van der Waals surface area (Å²) < 4.78 is 34.9. The predicted octanol–water partition coefficient (Wildman–Crippen LogP) is 5.48. The third kappa shape index (κ3) is 4.66. The lowest BCUT2D eigenvalue weighted by Crippen LogP contribution is -2.27. The van der Waals surface area contributed by atoms with Crippen LogP contribution in [0.3, 0.4) is 0 Å². The zero-order valence-electron chi connectivity index (χ0n) is 19.8. The highest BCUT2D eigenvalue weighted by Crippen LogP contribution is 2.40. The summed E-state index contributed by atoms with van der Waals surface area (Å²) in [4.78, 5) is 14.4. The largest absolute Gasteiger partial charge is 0.495 e. The van der Waals surface area contributed by atoms with Crippen molar-refractivity contribution in [2.75, 3.05) is 11.4 Å². The van der Waals surface area contributed by atoms with Crippen molar-refractivity contribution in [2.45, 2.75) is 11.8 Å². The monoisotopic (exact) mass is 532 g/mol. The number of hydrogen-bond acceptors (Lipinski definition) is 6. The van der Waals surface area contributed by atoms with E-state index in [0.717, 1.165) is 21.0 Å². The fraction of sp³-hybridized carbons (Fsp3) is 0.0741. The van der Waals surface area contributed by atoms with Crippen LogP contribution in [0.15, 0.2) is 94.7 Å². The van der Waals surface area contributed by atoms with Crippen LogP contribution < -0.4 is 14.6 Å². The minimum absolute atomic E-state index is 0.0113. The van der Waals surface area contributed by atoms with Gasteiger partial charge in [-0.2, -0.15) is 5.10 Å². The van der Waals surface area contributed by atoms with E-state index in [9.17, 15) is 13.2 Å². The van der Waals surface area contributed by atoms with Crippen LogP contribution >= 0.6 is 11.6 Å². The first kappa shape index (κ1) is 24.5. The van der Waals surface area contributed by atoms with Crippen LogP contribution in [0.4, 0.5) is 11.5 Å². The summed E-state index contributed by atoms with van der Waals surface area (Å²) in [7, 11) is -2.71. The summed E-state index contributed by atoms with van der Waals surface area (Å²) in [6.07, 6.45) is 1.46. The van der Waals surface area contributed by atoms with Gasteiger partial charge in [0.2, 0.25) is 5.56 Å². The van der Waals surface area contributed by atoms with Gasteiger partial charge in [0.25, 0.3) is 10.0 Å². The molecule has 186 valence electrons. The molecule has 0 amide bonds. The predicted molar refractivity (Wildman–Crippen MR) is 144 cm³/mol. The van der Waals surface area contributed by atoms with E-state index >= 15 is 0 Å². The Morgan fingerprint density at radius 3 is 2.46 bits per heavy atom. The average Bonchev–Trinajstić information content (AvgIpc) is 2.90. The molecule has 0 fully saturated rings. The number of ether oxygens (including phenoxy) is 1. The van der Waals surface area contributed by atoms with Crippen LogP contribution in [-0.2, 0) is 10.0 Å². The second-order valence-corrected chi connectivity index (χ2v) is 10.5. The molecule has 0 bridgehead atoms. The number of H-pyrrole nitrogens is 1. The molecule has 0 aliphatic carbocycles. The van der Waals surface area contributed by atoms with Gasteiger partial charge in [-0.15, -0.1) is 5.10 Å². The molecule has 5 aromatic rings. The van der Waals surface area contributed by atoms with E-state index in [4.69, 9.17) is 16.3 Å². The molecule has 0 atom stereocenters.